The number of aliphatic carboxylic acids is 1. The van der Waals surface area contributed by atoms with Gasteiger partial charge in [0, 0.05) is 0 Å². The summed E-state index contributed by atoms with van der Waals surface area (Å²) in [6, 6.07) is 6.95. The number of amides is 1. The number of ether oxygens (including phenoxy) is 2. The minimum absolute atomic E-state index is 0.204. The zero-order valence-electron chi connectivity index (χ0n) is 11.9. The van der Waals surface area contributed by atoms with E-state index in [1.807, 2.05) is 6.92 Å². The summed E-state index contributed by atoms with van der Waals surface area (Å²) in [6.45, 7) is 2.48. The van der Waals surface area contributed by atoms with Crippen LogP contribution in [0.4, 0.5) is 0 Å². The van der Waals surface area contributed by atoms with Crippen LogP contribution in [0.1, 0.15) is 26.2 Å². The molecular formula is C15H19NO5. The molecule has 0 spiro atoms. The summed E-state index contributed by atoms with van der Waals surface area (Å²) in [5, 5.41) is 11.5. The summed E-state index contributed by atoms with van der Waals surface area (Å²) in [6.07, 6.45) is 1.87. The van der Waals surface area contributed by atoms with Gasteiger partial charge in [0.1, 0.15) is 17.0 Å². The number of hydrogen-bond donors (Lipinski definition) is 2. The van der Waals surface area contributed by atoms with Gasteiger partial charge < -0.3 is 19.9 Å². The minimum atomic E-state index is -1.07. The zero-order chi connectivity index (χ0) is 15.3. The third-order valence-electron chi connectivity index (χ3n) is 3.20. The molecule has 2 N–H and O–H groups in total. The summed E-state index contributed by atoms with van der Waals surface area (Å²) in [5.74, 6) is -0.139. The van der Waals surface area contributed by atoms with E-state index >= 15 is 0 Å². The molecule has 0 atom stereocenters. The number of rotatable bonds is 8. The van der Waals surface area contributed by atoms with Crippen LogP contribution in [-0.4, -0.2) is 35.7 Å². The van der Waals surface area contributed by atoms with Crippen molar-refractivity contribution >= 4 is 11.9 Å². The smallest absolute Gasteiger partial charge is 0.329 e. The van der Waals surface area contributed by atoms with Crippen LogP contribution in [0.15, 0.2) is 24.3 Å². The number of hydrogen-bond acceptors (Lipinski definition) is 4. The molecule has 2 rings (SSSR count). The molecule has 6 heteroatoms. The first-order valence-corrected chi connectivity index (χ1v) is 6.96. The molecule has 0 saturated heterocycles. The molecule has 1 fully saturated rings. The lowest BCUT2D eigenvalue weighted by atomic mass is 10.3. The molecule has 114 valence electrons. The van der Waals surface area contributed by atoms with E-state index in [9.17, 15) is 9.59 Å². The van der Waals surface area contributed by atoms with Gasteiger partial charge in [0.15, 0.2) is 6.61 Å². The second kappa shape index (κ2) is 6.47. The van der Waals surface area contributed by atoms with Gasteiger partial charge in [0.2, 0.25) is 0 Å². The van der Waals surface area contributed by atoms with Crippen molar-refractivity contribution in [1.29, 1.82) is 0 Å². The third kappa shape index (κ3) is 4.11. The van der Waals surface area contributed by atoms with Gasteiger partial charge in [-0.1, -0.05) is 6.92 Å². The molecule has 0 bridgehead atoms. The van der Waals surface area contributed by atoms with Gasteiger partial charge in [-0.25, -0.2) is 4.79 Å². The molecular weight excluding hydrogens is 274 g/mol. The Bertz CT molecular complexity index is 507. The fraction of sp³-hybridized carbons (Fsp3) is 0.467. The highest BCUT2D eigenvalue weighted by atomic mass is 16.5. The summed E-state index contributed by atoms with van der Waals surface area (Å²) in [7, 11) is 0. The molecule has 1 saturated carbocycles. The molecule has 1 amide bonds. The Kier molecular flexibility index (Phi) is 4.67. The van der Waals surface area contributed by atoms with Gasteiger partial charge in [0.25, 0.3) is 5.91 Å². The maximum absolute atomic E-state index is 11.7. The van der Waals surface area contributed by atoms with Gasteiger partial charge in [-0.3, -0.25) is 4.79 Å². The van der Waals surface area contributed by atoms with Crippen LogP contribution in [0.3, 0.4) is 0 Å². The Labute approximate surface area is 123 Å². The second-order valence-electron chi connectivity index (χ2n) is 5.04. The maximum Gasteiger partial charge on any atom is 0.329 e. The van der Waals surface area contributed by atoms with Gasteiger partial charge in [-0.05, 0) is 43.5 Å². The summed E-state index contributed by atoms with van der Waals surface area (Å²) in [5.41, 5.74) is -1.07. The van der Waals surface area contributed by atoms with Gasteiger partial charge in [-0.15, -0.1) is 0 Å². The van der Waals surface area contributed by atoms with Crippen LogP contribution in [-0.2, 0) is 9.59 Å². The van der Waals surface area contributed by atoms with E-state index in [1.54, 1.807) is 24.3 Å². The summed E-state index contributed by atoms with van der Waals surface area (Å²) < 4.78 is 10.8. The van der Waals surface area contributed by atoms with Crippen molar-refractivity contribution in [2.45, 2.75) is 31.7 Å². The van der Waals surface area contributed by atoms with Crippen molar-refractivity contribution in [3.8, 4) is 11.5 Å². The average Bonchev–Trinajstić information content (AvgIpc) is 3.25. The third-order valence-corrected chi connectivity index (χ3v) is 3.20. The molecule has 0 aromatic heterocycles. The van der Waals surface area contributed by atoms with Crippen molar-refractivity contribution in [2.24, 2.45) is 0 Å². The molecule has 0 aliphatic heterocycles. The van der Waals surface area contributed by atoms with E-state index in [0.717, 1.165) is 12.2 Å². The summed E-state index contributed by atoms with van der Waals surface area (Å²) >= 11 is 0. The lowest BCUT2D eigenvalue weighted by Gasteiger charge is -2.13. The second-order valence-corrected chi connectivity index (χ2v) is 5.04. The highest BCUT2D eigenvalue weighted by Crippen LogP contribution is 2.35. The van der Waals surface area contributed by atoms with Crippen LogP contribution >= 0.6 is 0 Å². The van der Waals surface area contributed by atoms with Crippen LogP contribution in [0, 0.1) is 0 Å². The van der Waals surface area contributed by atoms with Gasteiger partial charge in [-0.2, -0.15) is 0 Å². The van der Waals surface area contributed by atoms with Crippen molar-refractivity contribution in [3.05, 3.63) is 24.3 Å². The average molecular weight is 293 g/mol. The van der Waals surface area contributed by atoms with Crippen LogP contribution in [0.5, 0.6) is 11.5 Å². The molecule has 6 nitrogen and oxygen atoms in total. The van der Waals surface area contributed by atoms with E-state index in [2.05, 4.69) is 5.32 Å². The van der Waals surface area contributed by atoms with Crippen molar-refractivity contribution in [3.63, 3.8) is 0 Å². The summed E-state index contributed by atoms with van der Waals surface area (Å²) in [4.78, 5) is 22.6. The zero-order valence-corrected chi connectivity index (χ0v) is 11.9. The molecule has 21 heavy (non-hydrogen) atoms. The molecule has 0 radical (unpaired) electrons. The van der Waals surface area contributed by atoms with Crippen molar-refractivity contribution in [1.82, 2.24) is 5.32 Å². The van der Waals surface area contributed by atoms with E-state index in [1.165, 1.54) is 0 Å². The van der Waals surface area contributed by atoms with E-state index in [-0.39, 0.29) is 6.61 Å². The van der Waals surface area contributed by atoms with E-state index in [4.69, 9.17) is 14.6 Å². The number of carboxylic acid groups (broad SMARTS) is 1. The number of benzene rings is 1. The first-order valence-electron chi connectivity index (χ1n) is 6.96. The molecule has 0 unspecified atom stereocenters. The lowest BCUT2D eigenvalue weighted by Crippen LogP contribution is -2.45. The number of nitrogens with one attached hydrogen (secondary N) is 1. The van der Waals surface area contributed by atoms with Gasteiger partial charge in [0.05, 0.1) is 6.61 Å². The molecule has 1 aliphatic carbocycles. The van der Waals surface area contributed by atoms with Gasteiger partial charge >= 0.3 is 5.97 Å². The molecule has 1 aromatic carbocycles. The van der Waals surface area contributed by atoms with Crippen LogP contribution < -0.4 is 14.8 Å². The Hall–Kier alpha value is -2.24. The first-order chi connectivity index (χ1) is 10.1. The first kappa shape index (κ1) is 15.2. The molecule has 1 aromatic rings. The highest BCUT2D eigenvalue weighted by Gasteiger charge is 2.51. The van der Waals surface area contributed by atoms with E-state index in [0.29, 0.717) is 25.2 Å². The lowest BCUT2D eigenvalue weighted by molar-refractivity contribution is -0.143. The quantitative estimate of drug-likeness (QED) is 0.760. The van der Waals surface area contributed by atoms with Crippen molar-refractivity contribution < 1.29 is 24.2 Å². The minimum Gasteiger partial charge on any atom is -0.494 e. The van der Waals surface area contributed by atoms with E-state index < -0.39 is 17.4 Å². The van der Waals surface area contributed by atoms with Crippen molar-refractivity contribution in [2.75, 3.05) is 13.2 Å². The fourth-order valence-electron chi connectivity index (χ4n) is 1.82. The molecule has 1 aliphatic rings. The Morgan fingerprint density at radius 2 is 1.76 bits per heavy atom. The molecule has 0 heterocycles. The maximum atomic E-state index is 11.7. The van der Waals surface area contributed by atoms with Crippen LogP contribution in [0.2, 0.25) is 0 Å². The Morgan fingerprint density at radius 3 is 2.24 bits per heavy atom. The Balaban J connectivity index is 1.77. The number of carbonyl (C=O) groups excluding carboxylic acids is 1. The topological polar surface area (TPSA) is 84.9 Å². The largest absolute Gasteiger partial charge is 0.494 e. The monoisotopic (exact) mass is 293 g/mol. The number of carbonyl (C=O) groups is 2. The Morgan fingerprint density at radius 1 is 1.19 bits per heavy atom. The fourth-order valence-corrected chi connectivity index (χ4v) is 1.82. The normalized spacial score (nSPS) is 15.1. The predicted molar refractivity (Wildman–Crippen MR) is 75.5 cm³/mol. The highest BCUT2D eigenvalue weighted by molar-refractivity contribution is 5.90. The predicted octanol–water partition coefficient (Wildman–Crippen LogP) is 1.59. The number of carboxylic acids is 1. The van der Waals surface area contributed by atoms with Crippen LogP contribution in [0.25, 0.3) is 0 Å². The SMILES string of the molecule is CCCOc1ccc(OCC(=O)NC2(C(=O)O)CC2)cc1. The standard InChI is InChI=1S/C15H19NO5/c1-2-9-20-11-3-5-12(6-4-11)21-10-13(17)16-15(7-8-15)14(18)19/h3-6H,2,7-10H2,1H3,(H,16,17)(H,18,19).